The van der Waals surface area contributed by atoms with Gasteiger partial charge >= 0.3 is 5.97 Å². The number of carbonyl (C=O) groups is 1. The molecule has 4 aromatic rings. The molecule has 0 fully saturated rings. The minimum Gasteiger partial charge on any atom is -0.462 e. The van der Waals surface area contributed by atoms with Gasteiger partial charge in [-0.05, 0) is 45.4 Å². The summed E-state index contributed by atoms with van der Waals surface area (Å²) in [6.45, 7) is 8.46. The van der Waals surface area contributed by atoms with Crippen LogP contribution in [0.5, 0.6) is 0 Å². The SMILES string of the molecule is CCNc1nc(SC(C)c2nc3sc(C(=O)OCC)c(C)c3c(=O)[nH]2)nc2ccccc12. The quantitative estimate of drug-likeness (QED) is 0.228. The third kappa shape index (κ3) is 4.20. The van der Waals surface area contributed by atoms with Crippen molar-refractivity contribution in [2.24, 2.45) is 0 Å². The van der Waals surface area contributed by atoms with E-state index in [9.17, 15) is 9.59 Å². The third-order valence-corrected chi connectivity index (χ3v) is 7.01. The highest BCUT2D eigenvalue weighted by Crippen LogP contribution is 2.35. The van der Waals surface area contributed by atoms with Crippen LogP contribution in [0.15, 0.2) is 34.2 Å². The highest BCUT2D eigenvalue weighted by Gasteiger charge is 2.22. The molecule has 10 heteroatoms. The van der Waals surface area contributed by atoms with Crippen LogP contribution < -0.4 is 10.9 Å². The Kier molecular flexibility index (Phi) is 6.43. The number of aryl methyl sites for hydroxylation is 1. The molecule has 1 unspecified atom stereocenters. The number of benzene rings is 1. The van der Waals surface area contributed by atoms with E-state index in [2.05, 4.69) is 25.3 Å². The largest absolute Gasteiger partial charge is 0.462 e. The van der Waals surface area contributed by atoms with Crippen molar-refractivity contribution in [3.63, 3.8) is 0 Å². The lowest BCUT2D eigenvalue weighted by molar-refractivity contribution is 0.0531. The summed E-state index contributed by atoms with van der Waals surface area (Å²) < 4.78 is 5.11. The van der Waals surface area contributed by atoms with Gasteiger partial charge in [-0.1, -0.05) is 23.9 Å². The number of aromatic amines is 1. The molecule has 3 aromatic heterocycles. The lowest BCUT2D eigenvalue weighted by atomic mass is 10.2. The molecule has 4 rings (SSSR count). The Bertz CT molecular complexity index is 1370. The van der Waals surface area contributed by atoms with Crippen LogP contribution in [0.3, 0.4) is 0 Å². The van der Waals surface area contributed by atoms with Crippen LogP contribution >= 0.6 is 23.1 Å². The Labute approximate surface area is 192 Å². The molecule has 0 aliphatic heterocycles. The summed E-state index contributed by atoms with van der Waals surface area (Å²) in [5, 5.41) is 5.05. The van der Waals surface area contributed by atoms with Gasteiger partial charge in [0.1, 0.15) is 21.3 Å². The smallest absolute Gasteiger partial charge is 0.348 e. The zero-order valence-electron chi connectivity index (χ0n) is 18.2. The van der Waals surface area contributed by atoms with Gasteiger partial charge in [0.15, 0.2) is 5.16 Å². The summed E-state index contributed by atoms with van der Waals surface area (Å²) >= 11 is 2.59. The van der Waals surface area contributed by atoms with Gasteiger partial charge < -0.3 is 15.0 Å². The summed E-state index contributed by atoms with van der Waals surface area (Å²) in [6.07, 6.45) is 0. The molecule has 2 N–H and O–H groups in total. The van der Waals surface area contributed by atoms with Crippen molar-refractivity contribution in [1.29, 1.82) is 0 Å². The Hall–Kier alpha value is -2.98. The average molecular weight is 470 g/mol. The predicted molar refractivity (Wildman–Crippen MR) is 129 cm³/mol. The minimum absolute atomic E-state index is 0.212. The number of nitrogens with zero attached hydrogens (tertiary/aromatic N) is 3. The number of hydrogen-bond donors (Lipinski definition) is 2. The van der Waals surface area contributed by atoms with Crippen molar-refractivity contribution in [3.05, 3.63) is 50.9 Å². The Balaban J connectivity index is 1.69. The molecule has 0 saturated carbocycles. The molecule has 0 radical (unpaired) electrons. The summed E-state index contributed by atoms with van der Waals surface area (Å²) in [6, 6.07) is 7.83. The van der Waals surface area contributed by atoms with E-state index in [4.69, 9.17) is 4.74 Å². The van der Waals surface area contributed by atoms with E-state index in [1.807, 2.05) is 38.1 Å². The number of fused-ring (bicyclic) bond motifs is 2. The molecule has 1 atom stereocenters. The number of carbonyl (C=O) groups excluding carboxylic acids is 1. The highest BCUT2D eigenvalue weighted by atomic mass is 32.2. The lowest BCUT2D eigenvalue weighted by Crippen LogP contribution is -2.13. The molecule has 0 aliphatic carbocycles. The summed E-state index contributed by atoms with van der Waals surface area (Å²) in [4.78, 5) is 42.8. The normalized spacial score (nSPS) is 12.2. The molecule has 8 nitrogen and oxygen atoms in total. The average Bonchev–Trinajstić information content (AvgIpc) is 3.11. The maximum Gasteiger partial charge on any atom is 0.348 e. The van der Waals surface area contributed by atoms with Crippen molar-refractivity contribution < 1.29 is 9.53 Å². The molecule has 0 aliphatic rings. The number of anilines is 1. The molecule has 0 bridgehead atoms. The number of aromatic nitrogens is 4. The number of rotatable bonds is 7. The standard InChI is InChI=1S/C22H23N5O3S2/c1-5-23-18-13-9-7-8-10-14(13)24-22(27-18)31-12(4)17-25-19(28)15-11(3)16(21(29)30-6-2)32-20(15)26-17/h7-10,12H,5-6H2,1-4H3,(H,23,24,27)(H,25,26,28). The fourth-order valence-corrected chi connectivity index (χ4v) is 5.29. The van der Waals surface area contributed by atoms with Crippen molar-refractivity contribution >= 4 is 56.0 Å². The van der Waals surface area contributed by atoms with Crippen molar-refractivity contribution in [2.75, 3.05) is 18.5 Å². The predicted octanol–water partition coefficient (Wildman–Crippen LogP) is 4.70. The topological polar surface area (TPSA) is 110 Å². The number of thioether (sulfide) groups is 1. The Morgan fingerprint density at radius 3 is 2.78 bits per heavy atom. The van der Waals surface area contributed by atoms with Crippen LogP contribution in [0, 0.1) is 6.92 Å². The monoisotopic (exact) mass is 469 g/mol. The molecule has 0 amide bonds. The second kappa shape index (κ2) is 9.25. The maximum absolute atomic E-state index is 12.8. The van der Waals surface area contributed by atoms with E-state index < -0.39 is 5.97 Å². The summed E-state index contributed by atoms with van der Waals surface area (Å²) in [5.74, 6) is 0.848. The van der Waals surface area contributed by atoms with Crippen LogP contribution in [0.4, 0.5) is 5.82 Å². The maximum atomic E-state index is 12.8. The van der Waals surface area contributed by atoms with Gasteiger partial charge in [-0.15, -0.1) is 11.3 Å². The van der Waals surface area contributed by atoms with Gasteiger partial charge in [0, 0.05) is 11.9 Å². The fourth-order valence-electron chi connectivity index (χ4n) is 3.37. The van der Waals surface area contributed by atoms with Crippen LogP contribution in [0.1, 0.15) is 47.1 Å². The number of hydrogen-bond acceptors (Lipinski definition) is 9. The number of esters is 1. The molecular formula is C22H23N5O3S2. The van der Waals surface area contributed by atoms with Gasteiger partial charge in [0.25, 0.3) is 5.56 Å². The summed E-state index contributed by atoms with van der Waals surface area (Å²) in [5.41, 5.74) is 1.17. The molecule has 0 spiro atoms. The second-order valence-electron chi connectivity index (χ2n) is 7.07. The highest BCUT2D eigenvalue weighted by molar-refractivity contribution is 7.99. The lowest BCUT2D eigenvalue weighted by Gasteiger charge is -2.12. The van der Waals surface area contributed by atoms with Gasteiger partial charge in [-0.25, -0.2) is 19.7 Å². The third-order valence-electron chi connectivity index (χ3n) is 4.87. The Morgan fingerprint density at radius 2 is 2.03 bits per heavy atom. The number of H-pyrrole nitrogens is 1. The van der Waals surface area contributed by atoms with E-state index in [0.717, 1.165) is 23.3 Å². The first-order valence-electron chi connectivity index (χ1n) is 10.3. The first-order chi connectivity index (χ1) is 15.4. The zero-order valence-corrected chi connectivity index (χ0v) is 19.8. The van der Waals surface area contributed by atoms with Crippen LogP contribution in [0.2, 0.25) is 0 Å². The molecule has 32 heavy (non-hydrogen) atoms. The molecule has 0 saturated heterocycles. The fraction of sp³-hybridized carbons (Fsp3) is 0.318. The second-order valence-corrected chi connectivity index (χ2v) is 9.38. The van der Waals surface area contributed by atoms with Gasteiger partial charge in [0.05, 0.1) is 22.8 Å². The molecule has 166 valence electrons. The number of para-hydroxylation sites is 1. The summed E-state index contributed by atoms with van der Waals surface area (Å²) in [7, 11) is 0. The van der Waals surface area contributed by atoms with Crippen LogP contribution in [0.25, 0.3) is 21.1 Å². The minimum atomic E-state index is -0.433. The van der Waals surface area contributed by atoms with E-state index >= 15 is 0 Å². The number of ether oxygens (including phenoxy) is 1. The molecule has 1 aromatic carbocycles. The molecule has 3 heterocycles. The van der Waals surface area contributed by atoms with Gasteiger partial charge in [-0.2, -0.15) is 0 Å². The van der Waals surface area contributed by atoms with E-state index in [0.29, 0.717) is 31.6 Å². The molecular weight excluding hydrogens is 446 g/mol. The van der Waals surface area contributed by atoms with Gasteiger partial charge in [0.2, 0.25) is 0 Å². The number of nitrogens with one attached hydrogen (secondary N) is 2. The van der Waals surface area contributed by atoms with Crippen molar-refractivity contribution in [3.8, 4) is 0 Å². The first-order valence-corrected chi connectivity index (χ1v) is 12.0. The van der Waals surface area contributed by atoms with E-state index in [-0.39, 0.29) is 17.4 Å². The van der Waals surface area contributed by atoms with Crippen LogP contribution in [-0.4, -0.2) is 39.1 Å². The van der Waals surface area contributed by atoms with E-state index in [1.54, 1.807) is 13.8 Å². The van der Waals surface area contributed by atoms with Crippen molar-refractivity contribution in [2.45, 2.75) is 38.1 Å². The first kappa shape index (κ1) is 22.2. The number of thiophene rings is 1. The van der Waals surface area contributed by atoms with Crippen LogP contribution in [-0.2, 0) is 4.74 Å². The zero-order chi connectivity index (χ0) is 22.8. The van der Waals surface area contributed by atoms with Crippen molar-refractivity contribution in [1.82, 2.24) is 19.9 Å². The Morgan fingerprint density at radius 1 is 1.25 bits per heavy atom. The van der Waals surface area contributed by atoms with E-state index in [1.165, 1.54) is 23.1 Å². The van der Waals surface area contributed by atoms with Gasteiger partial charge in [-0.3, -0.25) is 4.79 Å².